The van der Waals surface area contributed by atoms with Crippen LogP contribution in [0, 0.1) is 0 Å². The zero-order valence-corrected chi connectivity index (χ0v) is 14.0. The van der Waals surface area contributed by atoms with Crippen LogP contribution in [0.3, 0.4) is 0 Å². The summed E-state index contributed by atoms with van der Waals surface area (Å²) in [5, 5.41) is 2.51. The number of hydrogen-bond acceptors (Lipinski definition) is 2. The number of rotatable bonds is 1. The summed E-state index contributed by atoms with van der Waals surface area (Å²) in [5.74, 6) is 1.96. The highest BCUT2D eigenvalue weighted by atomic mass is 16.5. The van der Waals surface area contributed by atoms with E-state index < -0.39 is 0 Å². The van der Waals surface area contributed by atoms with Crippen LogP contribution in [0.5, 0.6) is 5.75 Å². The SMILES string of the molecule is COc1ccc2c3ccccc3n3c2c1C(C)(C)c1cccnc1-3. The van der Waals surface area contributed by atoms with E-state index in [1.807, 2.05) is 12.3 Å². The van der Waals surface area contributed by atoms with Gasteiger partial charge in [0.2, 0.25) is 0 Å². The molecule has 3 heteroatoms. The average Bonchev–Trinajstić information content (AvgIpc) is 2.94. The maximum absolute atomic E-state index is 5.75. The molecule has 0 N–H and O–H groups in total. The monoisotopic (exact) mass is 314 g/mol. The van der Waals surface area contributed by atoms with Gasteiger partial charge < -0.3 is 4.74 Å². The molecule has 0 bridgehead atoms. The van der Waals surface area contributed by atoms with Crippen molar-refractivity contribution in [3.05, 3.63) is 65.9 Å². The third-order valence-corrected chi connectivity index (χ3v) is 5.32. The Balaban J connectivity index is 2.14. The fraction of sp³-hybridized carbons (Fsp3) is 0.190. The molecule has 1 aliphatic rings. The molecular formula is C21H18N2O. The highest BCUT2D eigenvalue weighted by molar-refractivity contribution is 6.12. The lowest BCUT2D eigenvalue weighted by atomic mass is 9.75. The van der Waals surface area contributed by atoms with E-state index in [1.54, 1.807) is 7.11 Å². The maximum Gasteiger partial charge on any atom is 0.141 e. The summed E-state index contributed by atoms with van der Waals surface area (Å²) in [7, 11) is 1.75. The van der Waals surface area contributed by atoms with Crippen molar-refractivity contribution in [1.29, 1.82) is 0 Å². The van der Waals surface area contributed by atoms with Crippen molar-refractivity contribution in [1.82, 2.24) is 9.55 Å². The Hall–Kier alpha value is -2.81. The molecule has 0 amide bonds. The molecule has 3 nitrogen and oxygen atoms in total. The Morgan fingerprint density at radius 3 is 2.62 bits per heavy atom. The van der Waals surface area contributed by atoms with Gasteiger partial charge in [-0.25, -0.2) is 4.98 Å². The summed E-state index contributed by atoms with van der Waals surface area (Å²) in [4.78, 5) is 4.74. The van der Waals surface area contributed by atoms with Crippen molar-refractivity contribution in [3.8, 4) is 11.6 Å². The molecule has 0 radical (unpaired) electrons. The van der Waals surface area contributed by atoms with Crippen LogP contribution in [0.1, 0.15) is 25.0 Å². The Morgan fingerprint density at radius 1 is 0.958 bits per heavy atom. The Morgan fingerprint density at radius 2 is 1.79 bits per heavy atom. The molecule has 0 atom stereocenters. The summed E-state index contributed by atoms with van der Waals surface area (Å²) in [6.45, 7) is 4.51. The third-order valence-electron chi connectivity index (χ3n) is 5.32. The van der Waals surface area contributed by atoms with Crippen molar-refractivity contribution in [2.24, 2.45) is 0 Å². The fourth-order valence-electron chi connectivity index (χ4n) is 4.23. The van der Waals surface area contributed by atoms with Crippen molar-refractivity contribution < 1.29 is 4.74 Å². The van der Waals surface area contributed by atoms with Crippen LogP contribution in [-0.4, -0.2) is 16.7 Å². The second kappa shape index (κ2) is 4.38. The fourth-order valence-corrected chi connectivity index (χ4v) is 4.23. The van der Waals surface area contributed by atoms with Gasteiger partial charge >= 0.3 is 0 Å². The van der Waals surface area contributed by atoms with E-state index in [4.69, 9.17) is 9.72 Å². The Kier molecular flexibility index (Phi) is 2.49. The molecule has 1 aliphatic heterocycles. The second-order valence-electron chi connectivity index (χ2n) is 6.89. The molecule has 5 rings (SSSR count). The molecule has 2 aromatic heterocycles. The van der Waals surface area contributed by atoms with Gasteiger partial charge in [-0.1, -0.05) is 38.1 Å². The van der Waals surface area contributed by atoms with E-state index in [1.165, 1.54) is 32.9 Å². The first-order valence-electron chi connectivity index (χ1n) is 8.21. The lowest BCUT2D eigenvalue weighted by Crippen LogP contribution is -2.27. The summed E-state index contributed by atoms with van der Waals surface area (Å²) < 4.78 is 8.04. The summed E-state index contributed by atoms with van der Waals surface area (Å²) in [6, 6.07) is 17.0. The van der Waals surface area contributed by atoms with E-state index in [9.17, 15) is 0 Å². The molecule has 0 aliphatic carbocycles. The second-order valence-corrected chi connectivity index (χ2v) is 6.89. The van der Waals surface area contributed by atoms with Gasteiger partial charge in [0.05, 0.1) is 18.1 Å². The minimum absolute atomic E-state index is 0.168. The minimum atomic E-state index is -0.168. The van der Waals surface area contributed by atoms with Gasteiger partial charge in [0.15, 0.2) is 0 Å². The first-order chi connectivity index (χ1) is 11.6. The lowest BCUT2D eigenvalue weighted by Gasteiger charge is -2.34. The van der Waals surface area contributed by atoms with Gasteiger partial charge in [0.1, 0.15) is 11.6 Å². The highest BCUT2D eigenvalue weighted by Gasteiger charge is 2.38. The topological polar surface area (TPSA) is 27.1 Å². The smallest absolute Gasteiger partial charge is 0.141 e. The van der Waals surface area contributed by atoms with Gasteiger partial charge in [-0.3, -0.25) is 4.57 Å². The molecule has 3 heterocycles. The number of benzene rings is 2. The zero-order valence-electron chi connectivity index (χ0n) is 14.0. The lowest BCUT2D eigenvalue weighted by molar-refractivity contribution is 0.401. The number of nitrogens with zero attached hydrogens (tertiary/aromatic N) is 2. The van der Waals surface area contributed by atoms with E-state index in [0.29, 0.717) is 0 Å². The maximum atomic E-state index is 5.75. The number of hydrogen-bond donors (Lipinski definition) is 0. The third kappa shape index (κ3) is 1.45. The quantitative estimate of drug-likeness (QED) is 0.503. The standard InChI is InChI=1S/C21H18N2O/c1-21(2)15-8-6-12-22-20(15)23-16-9-5-4-7-13(16)14-10-11-17(24-3)18(21)19(14)23/h4-12H,1-3H3. The van der Waals surface area contributed by atoms with Gasteiger partial charge in [0, 0.05) is 33.5 Å². The Labute approximate surface area is 140 Å². The van der Waals surface area contributed by atoms with Crippen molar-refractivity contribution in [2.45, 2.75) is 19.3 Å². The molecule has 2 aromatic carbocycles. The molecule has 0 spiro atoms. The predicted molar refractivity (Wildman–Crippen MR) is 97.3 cm³/mol. The van der Waals surface area contributed by atoms with E-state index in [0.717, 1.165) is 11.6 Å². The number of pyridine rings is 1. The van der Waals surface area contributed by atoms with Crippen LogP contribution in [-0.2, 0) is 5.41 Å². The molecular weight excluding hydrogens is 296 g/mol. The van der Waals surface area contributed by atoms with Crippen LogP contribution >= 0.6 is 0 Å². The van der Waals surface area contributed by atoms with Crippen molar-refractivity contribution >= 4 is 21.8 Å². The van der Waals surface area contributed by atoms with E-state index >= 15 is 0 Å². The molecule has 4 aromatic rings. The number of fused-ring (bicyclic) bond motifs is 5. The molecule has 118 valence electrons. The first-order valence-corrected chi connectivity index (χ1v) is 8.21. The number of para-hydroxylation sites is 1. The molecule has 0 saturated carbocycles. The first kappa shape index (κ1) is 13.6. The summed E-state index contributed by atoms with van der Waals surface area (Å²) in [6.07, 6.45) is 1.88. The summed E-state index contributed by atoms with van der Waals surface area (Å²) >= 11 is 0. The van der Waals surface area contributed by atoms with Crippen LogP contribution < -0.4 is 4.74 Å². The molecule has 24 heavy (non-hydrogen) atoms. The largest absolute Gasteiger partial charge is 0.496 e. The highest BCUT2D eigenvalue weighted by Crippen LogP contribution is 2.49. The molecule has 0 fully saturated rings. The van der Waals surface area contributed by atoms with Crippen molar-refractivity contribution in [2.75, 3.05) is 7.11 Å². The van der Waals surface area contributed by atoms with Crippen LogP contribution in [0.4, 0.5) is 0 Å². The van der Waals surface area contributed by atoms with Crippen LogP contribution in [0.2, 0.25) is 0 Å². The van der Waals surface area contributed by atoms with Crippen LogP contribution in [0.15, 0.2) is 54.7 Å². The van der Waals surface area contributed by atoms with E-state index in [-0.39, 0.29) is 5.41 Å². The number of ether oxygens (including phenoxy) is 1. The van der Waals surface area contributed by atoms with Gasteiger partial charge in [-0.2, -0.15) is 0 Å². The normalized spacial score (nSPS) is 14.8. The predicted octanol–water partition coefficient (Wildman–Crippen LogP) is 4.83. The zero-order chi connectivity index (χ0) is 16.5. The van der Waals surface area contributed by atoms with Crippen LogP contribution in [0.25, 0.3) is 27.6 Å². The summed E-state index contributed by atoms with van der Waals surface area (Å²) in [5.41, 5.74) is 4.70. The Bertz CT molecular complexity index is 1120. The van der Waals surface area contributed by atoms with Crippen molar-refractivity contribution in [3.63, 3.8) is 0 Å². The van der Waals surface area contributed by atoms with Gasteiger partial charge in [-0.05, 0) is 24.3 Å². The van der Waals surface area contributed by atoms with Gasteiger partial charge in [-0.15, -0.1) is 0 Å². The van der Waals surface area contributed by atoms with E-state index in [2.05, 4.69) is 60.9 Å². The van der Waals surface area contributed by atoms with Gasteiger partial charge in [0.25, 0.3) is 0 Å². The molecule has 0 unspecified atom stereocenters. The number of methoxy groups -OCH3 is 1. The minimum Gasteiger partial charge on any atom is -0.496 e. The average molecular weight is 314 g/mol. The molecule has 0 saturated heterocycles. The number of aromatic nitrogens is 2.